The number of anilines is 1. The summed E-state index contributed by atoms with van der Waals surface area (Å²) >= 11 is 0. The first kappa shape index (κ1) is 25.1. The number of carbonyl (C=O) groups excluding carboxylic acids is 2. The summed E-state index contributed by atoms with van der Waals surface area (Å²) in [5.41, 5.74) is -1.81. The van der Waals surface area contributed by atoms with Crippen molar-refractivity contribution in [2.75, 3.05) is 24.5 Å². The van der Waals surface area contributed by atoms with Gasteiger partial charge in [0.05, 0.1) is 11.1 Å². The standard InChI is InChI=1S/C25H24F6N2O2/c26-24(27,28)18-4-1-3-16(11-18)12-22(34)17-13-19(25(29,30)31)15-21(14-17)32-9-6-20(7-10-32)33-8-2-5-23(33)35/h1,3-4,11,13-15,20H,2,5-10,12H2. The second-order valence-electron chi connectivity index (χ2n) is 8.97. The molecule has 0 aromatic heterocycles. The van der Waals surface area contributed by atoms with Crippen molar-refractivity contribution in [2.45, 2.75) is 50.5 Å². The molecule has 2 heterocycles. The number of Topliss-reactive ketones (excluding diaryl/α,β-unsaturated/α-hetero) is 1. The Hall–Kier alpha value is -3.04. The van der Waals surface area contributed by atoms with E-state index in [9.17, 15) is 35.9 Å². The van der Waals surface area contributed by atoms with Crippen LogP contribution in [0.3, 0.4) is 0 Å². The molecular weight excluding hydrogens is 474 g/mol. The molecule has 2 fully saturated rings. The lowest BCUT2D eigenvalue weighted by Gasteiger charge is -2.38. The minimum atomic E-state index is -4.69. The van der Waals surface area contributed by atoms with Crippen molar-refractivity contribution in [3.05, 3.63) is 64.7 Å². The zero-order valence-corrected chi connectivity index (χ0v) is 18.8. The van der Waals surface area contributed by atoms with E-state index in [1.54, 1.807) is 4.90 Å². The highest BCUT2D eigenvalue weighted by Crippen LogP contribution is 2.35. The van der Waals surface area contributed by atoms with Crippen molar-refractivity contribution in [3.63, 3.8) is 0 Å². The third kappa shape index (κ3) is 5.79. The molecule has 188 valence electrons. The molecule has 0 aliphatic carbocycles. The topological polar surface area (TPSA) is 40.6 Å². The number of halogens is 6. The number of ketones is 1. The molecule has 0 saturated carbocycles. The Bertz CT molecular complexity index is 1100. The molecule has 0 bridgehead atoms. The molecule has 2 aromatic carbocycles. The number of nitrogens with zero attached hydrogens (tertiary/aromatic N) is 2. The molecule has 1 amide bonds. The number of piperidine rings is 1. The average molecular weight is 498 g/mol. The van der Waals surface area contributed by atoms with E-state index < -0.39 is 35.7 Å². The van der Waals surface area contributed by atoms with Gasteiger partial charge in [0.2, 0.25) is 5.91 Å². The molecule has 0 N–H and O–H groups in total. The van der Waals surface area contributed by atoms with Gasteiger partial charge >= 0.3 is 12.4 Å². The zero-order chi connectivity index (χ0) is 25.4. The lowest BCUT2D eigenvalue weighted by atomic mass is 9.97. The van der Waals surface area contributed by atoms with E-state index in [0.717, 1.165) is 36.8 Å². The van der Waals surface area contributed by atoms with Crippen LogP contribution in [0.15, 0.2) is 42.5 Å². The molecule has 0 radical (unpaired) electrons. The van der Waals surface area contributed by atoms with Crippen molar-refractivity contribution in [2.24, 2.45) is 0 Å². The predicted octanol–water partition coefficient (Wildman–Crippen LogP) is 5.74. The summed E-state index contributed by atoms with van der Waals surface area (Å²) in [7, 11) is 0. The maximum Gasteiger partial charge on any atom is 0.416 e. The second kappa shape index (κ2) is 9.54. The number of benzene rings is 2. The number of rotatable bonds is 5. The minimum absolute atomic E-state index is 0.0501. The molecule has 4 rings (SSSR count). The van der Waals surface area contributed by atoms with Gasteiger partial charge in [0.1, 0.15) is 0 Å². The second-order valence-corrected chi connectivity index (χ2v) is 8.97. The molecule has 0 unspecified atom stereocenters. The van der Waals surface area contributed by atoms with Gasteiger partial charge < -0.3 is 9.80 Å². The molecule has 4 nitrogen and oxygen atoms in total. The van der Waals surface area contributed by atoms with Gasteiger partial charge in [0.25, 0.3) is 0 Å². The van der Waals surface area contributed by atoms with Crippen LogP contribution in [0.2, 0.25) is 0 Å². The quantitative estimate of drug-likeness (QED) is 0.390. The van der Waals surface area contributed by atoms with Crippen LogP contribution >= 0.6 is 0 Å². The van der Waals surface area contributed by atoms with E-state index >= 15 is 0 Å². The first-order valence-electron chi connectivity index (χ1n) is 11.4. The largest absolute Gasteiger partial charge is 0.416 e. The van der Waals surface area contributed by atoms with Gasteiger partial charge in [-0.05, 0) is 49.1 Å². The summed E-state index contributed by atoms with van der Waals surface area (Å²) in [6.07, 6.45) is -7.19. The number of carbonyl (C=O) groups is 2. The van der Waals surface area contributed by atoms with E-state index in [1.165, 1.54) is 12.1 Å². The molecule has 2 aliphatic rings. The molecule has 0 atom stereocenters. The summed E-state index contributed by atoms with van der Waals surface area (Å²) in [6, 6.07) is 7.36. The molecule has 2 aliphatic heterocycles. The van der Waals surface area contributed by atoms with Crippen LogP contribution in [0.1, 0.15) is 52.7 Å². The van der Waals surface area contributed by atoms with E-state index in [4.69, 9.17) is 0 Å². The Morgan fingerprint density at radius 2 is 1.57 bits per heavy atom. The Morgan fingerprint density at radius 1 is 0.886 bits per heavy atom. The van der Waals surface area contributed by atoms with Gasteiger partial charge in [-0.25, -0.2) is 0 Å². The number of likely N-dealkylation sites (tertiary alicyclic amines) is 1. The zero-order valence-electron chi connectivity index (χ0n) is 18.8. The molecule has 0 spiro atoms. The number of amides is 1. The predicted molar refractivity (Wildman–Crippen MR) is 117 cm³/mol. The van der Waals surface area contributed by atoms with Gasteiger partial charge in [-0.15, -0.1) is 0 Å². The monoisotopic (exact) mass is 498 g/mol. The van der Waals surface area contributed by atoms with Crippen LogP contribution in [0, 0.1) is 0 Å². The maximum absolute atomic E-state index is 13.6. The Morgan fingerprint density at radius 3 is 2.17 bits per heavy atom. The normalized spacial score (nSPS) is 17.8. The number of hydrogen-bond acceptors (Lipinski definition) is 3. The van der Waals surface area contributed by atoms with Crippen LogP contribution in [-0.4, -0.2) is 42.3 Å². The van der Waals surface area contributed by atoms with Crippen LogP contribution in [0.25, 0.3) is 0 Å². The Labute approximate surface area is 198 Å². The third-order valence-electron chi connectivity index (χ3n) is 6.57. The van der Waals surface area contributed by atoms with E-state index in [2.05, 4.69) is 0 Å². The van der Waals surface area contributed by atoms with Gasteiger partial charge in [0, 0.05) is 49.8 Å². The van der Waals surface area contributed by atoms with Gasteiger partial charge in [-0.1, -0.05) is 18.2 Å². The molecular formula is C25H24F6N2O2. The van der Waals surface area contributed by atoms with Gasteiger partial charge in [-0.2, -0.15) is 26.3 Å². The average Bonchev–Trinajstić information content (AvgIpc) is 3.23. The Balaban J connectivity index is 1.55. The Kier molecular flexibility index (Phi) is 6.83. The van der Waals surface area contributed by atoms with E-state index in [0.29, 0.717) is 38.9 Å². The minimum Gasteiger partial charge on any atom is -0.371 e. The summed E-state index contributed by atoms with van der Waals surface area (Å²) in [5.74, 6) is -0.598. The van der Waals surface area contributed by atoms with Crippen LogP contribution in [-0.2, 0) is 23.6 Å². The highest BCUT2D eigenvalue weighted by molar-refractivity contribution is 5.98. The lowest BCUT2D eigenvalue weighted by Crippen LogP contribution is -2.45. The molecule has 2 saturated heterocycles. The number of alkyl halides is 6. The summed E-state index contributed by atoms with van der Waals surface area (Å²) in [6.45, 7) is 1.55. The van der Waals surface area contributed by atoms with Crippen molar-refractivity contribution in [3.8, 4) is 0 Å². The highest BCUT2D eigenvalue weighted by atomic mass is 19.4. The molecule has 35 heavy (non-hydrogen) atoms. The van der Waals surface area contributed by atoms with Crippen molar-refractivity contribution < 1.29 is 35.9 Å². The highest BCUT2D eigenvalue weighted by Gasteiger charge is 2.35. The van der Waals surface area contributed by atoms with Crippen molar-refractivity contribution >= 4 is 17.4 Å². The van der Waals surface area contributed by atoms with Gasteiger partial charge in [-0.3, -0.25) is 9.59 Å². The maximum atomic E-state index is 13.6. The van der Waals surface area contributed by atoms with Gasteiger partial charge in [0.15, 0.2) is 5.78 Å². The first-order chi connectivity index (χ1) is 16.4. The van der Waals surface area contributed by atoms with Crippen molar-refractivity contribution in [1.82, 2.24) is 4.90 Å². The van der Waals surface area contributed by atoms with E-state index in [1.807, 2.05) is 4.90 Å². The summed E-state index contributed by atoms with van der Waals surface area (Å²) in [4.78, 5) is 28.5. The number of hydrogen-bond donors (Lipinski definition) is 0. The lowest BCUT2D eigenvalue weighted by molar-refractivity contribution is -0.138. The summed E-state index contributed by atoms with van der Waals surface area (Å²) < 4.78 is 79.7. The fourth-order valence-corrected chi connectivity index (χ4v) is 4.75. The van der Waals surface area contributed by atoms with Crippen LogP contribution < -0.4 is 4.90 Å². The molecule has 10 heteroatoms. The smallest absolute Gasteiger partial charge is 0.371 e. The summed E-state index contributed by atoms with van der Waals surface area (Å²) in [5, 5.41) is 0. The van der Waals surface area contributed by atoms with Crippen LogP contribution in [0.5, 0.6) is 0 Å². The third-order valence-corrected chi connectivity index (χ3v) is 6.57. The van der Waals surface area contributed by atoms with E-state index in [-0.39, 0.29) is 28.8 Å². The first-order valence-corrected chi connectivity index (χ1v) is 11.4. The SMILES string of the molecule is O=C(Cc1cccc(C(F)(F)F)c1)c1cc(N2CCC(N3CCCC3=O)CC2)cc(C(F)(F)F)c1. The fourth-order valence-electron chi connectivity index (χ4n) is 4.75. The van der Waals surface area contributed by atoms with Crippen LogP contribution in [0.4, 0.5) is 32.0 Å². The van der Waals surface area contributed by atoms with Crippen molar-refractivity contribution in [1.29, 1.82) is 0 Å². The fraction of sp³-hybridized carbons (Fsp3) is 0.440. The molecule has 2 aromatic rings.